The average molecular weight is 196 g/mol. The van der Waals surface area contributed by atoms with Crippen LogP contribution in [-0.2, 0) is 6.54 Å². The normalized spacial score (nSPS) is 10.3. The van der Waals surface area contributed by atoms with Gasteiger partial charge in [0.25, 0.3) is 0 Å². The molecule has 0 aliphatic heterocycles. The Morgan fingerprint density at radius 3 is 3.00 bits per heavy atom. The second-order valence-electron chi connectivity index (χ2n) is 3.09. The fourth-order valence-corrected chi connectivity index (χ4v) is 1.70. The maximum atomic E-state index is 4.36. The number of thiazole rings is 1. The predicted molar refractivity (Wildman–Crippen MR) is 58.0 cm³/mol. The van der Waals surface area contributed by atoms with Crippen LogP contribution in [0.5, 0.6) is 0 Å². The summed E-state index contributed by atoms with van der Waals surface area (Å²) >= 11 is 1.71. The van der Waals surface area contributed by atoms with Crippen molar-refractivity contribution in [2.24, 2.45) is 0 Å². The van der Waals surface area contributed by atoms with E-state index in [-0.39, 0.29) is 0 Å². The van der Waals surface area contributed by atoms with E-state index in [9.17, 15) is 0 Å². The standard InChI is InChI=1S/C10H16N2S/c1-4-8(2)5-11-6-10-12-9(3)7-13-10/h7,11H,2,4-6H2,1,3H3. The summed E-state index contributed by atoms with van der Waals surface area (Å²) in [4.78, 5) is 4.36. The molecule has 0 radical (unpaired) electrons. The van der Waals surface area contributed by atoms with Crippen LogP contribution in [0.4, 0.5) is 0 Å². The highest BCUT2D eigenvalue weighted by atomic mass is 32.1. The average Bonchev–Trinajstić information content (AvgIpc) is 2.51. The molecule has 1 rings (SSSR count). The van der Waals surface area contributed by atoms with Gasteiger partial charge in [-0.1, -0.05) is 19.1 Å². The number of nitrogens with zero attached hydrogens (tertiary/aromatic N) is 1. The second-order valence-corrected chi connectivity index (χ2v) is 4.03. The zero-order chi connectivity index (χ0) is 9.68. The molecule has 2 nitrogen and oxygen atoms in total. The van der Waals surface area contributed by atoms with Gasteiger partial charge in [0, 0.05) is 24.2 Å². The van der Waals surface area contributed by atoms with E-state index in [0.717, 1.165) is 30.2 Å². The van der Waals surface area contributed by atoms with E-state index >= 15 is 0 Å². The van der Waals surface area contributed by atoms with Crippen molar-refractivity contribution in [1.82, 2.24) is 10.3 Å². The summed E-state index contributed by atoms with van der Waals surface area (Å²) in [5.41, 5.74) is 2.35. The summed E-state index contributed by atoms with van der Waals surface area (Å²) in [6.07, 6.45) is 1.05. The van der Waals surface area contributed by atoms with Gasteiger partial charge in [-0.15, -0.1) is 11.3 Å². The van der Waals surface area contributed by atoms with Gasteiger partial charge in [-0.3, -0.25) is 0 Å². The Balaban J connectivity index is 2.24. The number of rotatable bonds is 5. The topological polar surface area (TPSA) is 24.9 Å². The van der Waals surface area contributed by atoms with Crippen LogP contribution >= 0.6 is 11.3 Å². The third kappa shape index (κ3) is 3.70. The Kier molecular flexibility index (Phi) is 4.12. The van der Waals surface area contributed by atoms with Gasteiger partial charge in [0.2, 0.25) is 0 Å². The van der Waals surface area contributed by atoms with Crippen LogP contribution in [0.1, 0.15) is 24.0 Å². The Morgan fingerprint density at radius 1 is 1.69 bits per heavy atom. The van der Waals surface area contributed by atoms with Crippen LogP contribution in [-0.4, -0.2) is 11.5 Å². The molecule has 0 amide bonds. The number of aryl methyl sites for hydroxylation is 1. The molecule has 72 valence electrons. The van der Waals surface area contributed by atoms with Crippen LogP contribution in [0.15, 0.2) is 17.5 Å². The lowest BCUT2D eigenvalue weighted by atomic mass is 10.2. The minimum Gasteiger partial charge on any atom is -0.307 e. The smallest absolute Gasteiger partial charge is 0.107 e. The first-order chi connectivity index (χ1) is 6.22. The summed E-state index contributed by atoms with van der Waals surface area (Å²) < 4.78 is 0. The largest absolute Gasteiger partial charge is 0.307 e. The lowest BCUT2D eigenvalue weighted by Gasteiger charge is -2.02. The van der Waals surface area contributed by atoms with E-state index < -0.39 is 0 Å². The molecule has 0 aliphatic rings. The fraction of sp³-hybridized carbons (Fsp3) is 0.500. The zero-order valence-corrected chi connectivity index (χ0v) is 9.08. The van der Waals surface area contributed by atoms with Crippen molar-refractivity contribution < 1.29 is 0 Å². The van der Waals surface area contributed by atoms with Gasteiger partial charge >= 0.3 is 0 Å². The summed E-state index contributed by atoms with van der Waals surface area (Å²) in [6.45, 7) is 9.83. The molecule has 1 aromatic heterocycles. The SMILES string of the molecule is C=C(CC)CNCc1nc(C)cs1. The number of nitrogens with one attached hydrogen (secondary N) is 1. The Bertz CT molecular complexity index is 278. The molecule has 0 unspecified atom stereocenters. The Hall–Kier alpha value is -0.670. The maximum absolute atomic E-state index is 4.36. The maximum Gasteiger partial charge on any atom is 0.107 e. The van der Waals surface area contributed by atoms with Crippen molar-refractivity contribution in [3.8, 4) is 0 Å². The number of aromatic nitrogens is 1. The van der Waals surface area contributed by atoms with Gasteiger partial charge in [-0.05, 0) is 13.3 Å². The summed E-state index contributed by atoms with van der Waals surface area (Å²) in [5.74, 6) is 0. The van der Waals surface area contributed by atoms with E-state index in [4.69, 9.17) is 0 Å². The van der Waals surface area contributed by atoms with E-state index in [2.05, 4.69) is 29.2 Å². The minimum absolute atomic E-state index is 0.859. The molecule has 1 N–H and O–H groups in total. The van der Waals surface area contributed by atoms with Crippen LogP contribution < -0.4 is 5.32 Å². The first-order valence-corrected chi connectivity index (χ1v) is 5.38. The highest BCUT2D eigenvalue weighted by Gasteiger charge is 1.97. The number of hydrogen-bond donors (Lipinski definition) is 1. The Morgan fingerprint density at radius 2 is 2.46 bits per heavy atom. The molecule has 0 fully saturated rings. The molecule has 0 saturated carbocycles. The van der Waals surface area contributed by atoms with E-state index in [1.165, 1.54) is 5.57 Å². The van der Waals surface area contributed by atoms with Crippen molar-refractivity contribution in [1.29, 1.82) is 0 Å². The quantitative estimate of drug-likeness (QED) is 0.732. The first-order valence-electron chi connectivity index (χ1n) is 4.50. The molecule has 0 spiro atoms. The monoisotopic (exact) mass is 196 g/mol. The third-order valence-electron chi connectivity index (χ3n) is 1.82. The summed E-state index contributed by atoms with van der Waals surface area (Å²) in [5, 5.41) is 6.54. The van der Waals surface area contributed by atoms with Crippen LogP contribution in [0, 0.1) is 6.92 Å². The zero-order valence-electron chi connectivity index (χ0n) is 8.26. The predicted octanol–water partition coefficient (Wildman–Crippen LogP) is 2.51. The van der Waals surface area contributed by atoms with Crippen LogP contribution in [0.3, 0.4) is 0 Å². The molecule has 1 aromatic rings. The van der Waals surface area contributed by atoms with Crippen molar-refractivity contribution in [2.45, 2.75) is 26.8 Å². The molecular formula is C10H16N2S. The van der Waals surface area contributed by atoms with E-state index in [0.29, 0.717) is 0 Å². The highest BCUT2D eigenvalue weighted by molar-refractivity contribution is 7.09. The molecule has 1 heterocycles. The lowest BCUT2D eigenvalue weighted by Crippen LogP contribution is -2.15. The van der Waals surface area contributed by atoms with Crippen molar-refractivity contribution >= 4 is 11.3 Å². The van der Waals surface area contributed by atoms with Crippen molar-refractivity contribution in [3.63, 3.8) is 0 Å². The summed E-state index contributed by atoms with van der Waals surface area (Å²) in [6, 6.07) is 0. The van der Waals surface area contributed by atoms with Gasteiger partial charge < -0.3 is 5.32 Å². The highest BCUT2D eigenvalue weighted by Crippen LogP contribution is 2.07. The third-order valence-corrected chi connectivity index (χ3v) is 2.78. The van der Waals surface area contributed by atoms with Crippen molar-refractivity contribution in [2.75, 3.05) is 6.54 Å². The molecule has 13 heavy (non-hydrogen) atoms. The van der Waals surface area contributed by atoms with Gasteiger partial charge in [-0.2, -0.15) is 0 Å². The van der Waals surface area contributed by atoms with Gasteiger partial charge in [0.05, 0.1) is 0 Å². The molecule has 0 aliphatic carbocycles. The minimum atomic E-state index is 0.859. The Labute approximate surface area is 83.7 Å². The first kappa shape index (κ1) is 10.4. The van der Waals surface area contributed by atoms with Crippen LogP contribution in [0.2, 0.25) is 0 Å². The van der Waals surface area contributed by atoms with Gasteiger partial charge in [0.1, 0.15) is 5.01 Å². The molecular weight excluding hydrogens is 180 g/mol. The van der Waals surface area contributed by atoms with Gasteiger partial charge in [-0.25, -0.2) is 4.98 Å². The van der Waals surface area contributed by atoms with Crippen LogP contribution in [0.25, 0.3) is 0 Å². The molecule has 0 saturated heterocycles. The lowest BCUT2D eigenvalue weighted by molar-refractivity contribution is 0.722. The van der Waals surface area contributed by atoms with Crippen molar-refractivity contribution in [3.05, 3.63) is 28.2 Å². The molecule has 0 aromatic carbocycles. The van der Waals surface area contributed by atoms with Gasteiger partial charge in [0.15, 0.2) is 0 Å². The molecule has 0 bridgehead atoms. The second kappa shape index (κ2) is 5.14. The molecule has 0 atom stereocenters. The van der Waals surface area contributed by atoms with E-state index in [1.807, 2.05) is 6.92 Å². The fourth-order valence-electron chi connectivity index (χ4n) is 0.955. The summed E-state index contributed by atoms with van der Waals surface area (Å²) in [7, 11) is 0. The number of hydrogen-bond acceptors (Lipinski definition) is 3. The van der Waals surface area contributed by atoms with E-state index in [1.54, 1.807) is 11.3 Å². The molecule has 3 heteroatoms.